The Morgan fingerprint density at radius 1 is 1.30 bits per heavy atom. The van der Waals surface area contributed by atoms with Crippen molar-refractivity contribution in [3.05, 3.63) is 35.8 Å². The molecule has 12 nitrogen and oxygen atoms in total. The van der Waals surface area contributed by atoms with Crippen molar-refractivity contribution in [2.75, 3.05) is 17.7 Å². The molecule has 2 amide bonds. The monoisotopic (exact) mass is 447 g/mol. The molecule has 2 aromatic heterocycles. The number of amides is 2. The van der Waals surface area contributed by atoms with Crippen LogP contribution in [0.5, 0.6) is 0 Å². The number of anilines is 3. The summed E-state index contributed by atoms with van der Waals surface area (Å²) in [6.07, 6.45) is 8.46. The molecule has 0 unspecified atom stereocenters. The van der Waals surface area contributed by atoms with E-state index in [0.29, 0.717) is 22.6 Å². The van der Waals surface area contributed by atoms with Crippen molar-refractivity contribution in [3.63, 3.8) is 0 Å². The predicted octanol–water partition coefficient (Wildman–Crippen LogP) is 0.707. The van der Waals surface area contributed by atoms with Gasteiger partial charge in [-0.2, -0.15) is 10.1 Å². The number of carbonyl (C=O) groups excluding carboxylic acids is 2. The van der Waals surface area contributed by atoms with E-state index in [1.807, 2.05) is 0 Å². The Morgan fingerprint density at radius 3 is 2.82 bits per heavy atom. The zero-order valence-corrected chi connectivity index (χ0v) is 17.7. The number of rotatable bonds is 8. The number of terminal acetylenes is 1. The van der Waals surface area contributed by atoms with E-state index in [2.05, 4.69) is 47.1 Å². The van der Waals surface area contributed by atoms with Gasteiger partial charge in [0.25, 0.3) is 11.9 Å². The van der Waals surface area contributed by atoms with Crippen LogP contribution < -0.4 is 16.0 Å². The van der Waals surface area contributed by atoms with Crippen LogP contribution >= 0.6 is 0 Å². The van der Waals surface area contributed by atoms with Gasteiger partial charge in [-0.3, -0.25) is 14.9 Å². The second-order valence-corrected chi connectivity index (χ2v) is 7.26. The predicted molar refractivity (Wildman–Crippen MR) is 118 cm³/mol. The fraction of sp³-hybridized carbons (Fsp3) is 0.286. The quantitative estimate of drug-likeness (QED) is 0.365. The molecular weight excluding hydrogens is 426 g/mol. The molecule has 1 fully saturated rings. The lowest BCUT2D eigenvalue weighted by Crippen LogP contribution is -2.24. The van der Waals surface area contributed by atoms with Crippen LogP contribution in [0.3, 0.4) is 0 Å². The first-order valence-electron chi connectivity index (χ1n) is 10.1. The van der Waals surface area contributed by atoms with Gasteiger partial charge in [-0.15, -0.1) is 16.6 Å². The van der Waals surface area contributed by atoms with Crippen LogP contribution in [-0.4, -0.2) is 53.9 Å². The smallest absolute Gasteiger partial charge is 0.275 e. The highest BCUT2D eigenvalue weighted by molar-refractivity contribution is 5.98. The zero-order valence-electron chi connectivity index (χ0n) is 17.7. The fourth-order valence-electron chi connectivity index (χ4n) is 3.09. The van der Waals surface area contributed by atoms with E-state index in [9.17, 15) is 14.7 Å². The number of aromatic nitrogens is 6. The summed E-state index contributed by atoms with van der Waals surface area (Å²) in [7, 11) is 1.45. The number of hydrogen-bond acceptors (Lipinski definition) is 9. The van der Waals surface area contributed by atoms with E-state index >= 15 is 0 Å². The Balaban J connectivity index is 1.70. The molecule has 1 aliphatic rings. The molecule has 0 radical (unpaired) electrons. The standard InChI is InChI=1S/C21H21N9O3/c1-3-9-30-11-23-17(29-30)13-5-4-6-15(14(13)10-31)24-18-16(20(33)22-2)27-28-21(25-18)26-19(32)12-7-8-12/h1,4-6,11-12,31H,7-10H2,2H3,(H,22,33)(H2,24,25,26,28,32). The number of nitrogens with zero attached hydrogens (tertiary/aromatic N) is 6. The summed E-state index contributed by atoms with van der Waals surface area (Å²) in [5, 5.41) is 30.3. The second kappa shape index (κ2) is 9.41. The summed E-state index contributed by atoms with van der Waals surface area (Å²) in [6, 6.07) is 5.19. The number of nitrogens with one attached hydrogen (secondary N) is 3. The molecule has 33 heavy (non-hydrogen) atoms. The lowest BCUT2D eigenvalue weighted by Gasteiger charge is -2.15. The van der Waals surface area contributed by atoms with E-state index in [1.165, 1.54) is 18.1 Å². The highest BCUT2D eigenvalue weighted by Crippen LogP contribution is 2.31. The van der Waals surface area contributed by atoms with Gasteiger partial charge in [0.05, 0.1) is 6.61 Å². The zero-order chi connectivity index (χ0) is 23.4. The Kier molecular flexibility index (Phi) is 6.23. The van der Waals surface area contributed by atoms with Gasteiger partial charge in [-0.05, 0) is 18.9 Å². The minimum atomic E-state index is -0.519. The molecule has 2 heterocycles. The molecule has 1 saturated carbocycles. The van der Waals surface area contributed by atoms with Gasteiger partial charge in [-0.1, -0.05) is 18.1 Å². The van der Waals surface area contributed by atoms with Crippen molar-refractivity contribution in [3.8, 4) is 23.7 Å². The van der Waals surface area contributed by atoms with Gasteiger partial charge in [0.2, 0.25) is 5.91 Å². The summed E-state index contributed by atoms with van der Waals surface area (Å²) >= 11 is 0. The summed E-state index contributed by atoms with van der Waals surface area (Å²) in [6.45, 7) is -0.0852. The molecule has 0 spiro atoms. The lowest BCUT2D eigenvalue weighted by atomic mass is 10.1. The maximum atomic E-state index is 12.3. The molecule has 168 valence electrons. The fourth-order valence-corrected chi connectivity index (χ4v) is 3.09. The van der Waals surface area contributed by atoms with Crippen LogP contribution in [0.15, 0.2) is 24.5 Å². The Morgan fingerprint density at radius 2 is 2.12 bits per heavy atom. The van der Waals surface area contributed by atoms with Crippen LogP contribution in [0.1, 0.15) is 28.9 Å². The molecule has 1 aromatic carbocycles. The number of aliphatic hydroxyl groups is 1. The third kappa shape index (κ3) is 4.78. The Hall–Kier alpha value is -4.37. The molecular formula is C21H21N9O3. The van der Waals surface area contributed by atoms with Crippen molar-refractivity contribution in [2.45, 2.75) is 26.0 Å². The molecule has 0 atom stereocenters. The highest BCUT2D eigenvalue weighted by atomic mass is 16.3. The van der Waals surface area contributed by atoms with Crippen molar-refractivity contribution in [1.29, 1.82) is 0 Å². The minimum absolute atomic E-state index is 0.0292. The first-order valence-corrected chi connectivity index (χ1v) is 10.1. The summed E-state index contributed by atoms with van der Waals surface area (Å²) < 4.78 is 1.50. The first kappa shape index (κ1) is 21.8. The lowest BCUT2D eigenvalue weighted by molar-refractivity contribution is -0.117. The average Bonchev–Trinajstić information content (AvgIpc) is 3.58. The molecule has 0 saturated heterocycles. The van der Waals surface area contributed by atoms with Crippen molar-refractivity contribution in [2.24, 2.45) is 5.92 Å². The number of aliphatic hydroxyl groups excluding tert-OH is 1. The van der Waals surface area contributed by atoms with Crippen molar-refractivity contribution >= 4 is 29.3 Å². The normalized spacial score (nSPS) is 12.6. The van der Waals surface area contributed by atoms with Crippen LogP contribution in [0.4, 0.5) is 17.5 Å². The molecule has 12 heteroatoms. The maximum absolute atomic E-state index is 12.3. The Bertz CT molecular complexity index is 1240. The van der Waals surface area contributed by atoms with E-state index in [0.717, 1.165) is 12.8 Å². The number of benzene rings is 1. The largest absolute Gasteiger partial charge is 0.392 e. The SMILES string of the molecule is C#CCn1cnc(-c2cccc(Nc3nc(NC(=O)C4CC4)nnc3C(=O)NC)c2CO)n1. The van der Waals surface area contributed by atoms with E-state index < -0.39 is 5.91 Å². The van der Waals surface area contributed by atoms with Crippen molar-refractivity contribution in [1.82, 2.24) is 35.3 Å². The third-order valence-corrected chi connectivity index (χ3v) is 4.93. The summed E-state index contributed by atoms with van der Waals surface area (Å²) in [4.78, 5) is 32.9. The summed E-state index contributed by atoms with van der Waals surface area (Å²) in [5.41, 5.74) is 1.42. The average molecular weight is 447 g/mol. The van der Waals surface area contributed by atoms with E-state index in [-0.39, 0.29) is 42.4 Å². The summed E-state index contributed by atoms with van der Waals surface area (Å²) in [5.74, 6) is 2.13. The molecule has 1 aliphatic carbocycles. The third-order valence-electron chi connectivity index (χ3n) is 4.93. The number of carbonyl (C=O) groups is 2. The van der Waals surface area contributed by atoms with Crippen molar-refractivity contribution < 1.29 is 14.7 Å². The van der Waals surface area contributed by atoms with Crippen LogP contribution in [-0.2, 0) is 17.9 Å². The van der Waals surface area contributed by atoms with Gasteiger partial charge in [0, 0.05) is 29.8 Å². The van der Waals surface area contributed by atoms with Gasteiger partial charge in [-0.25, -0.2) is 9.67 Å². The highest BCUT2D eigenvalue weighted by Gasteiger charge is 2.30. The second-order valence-electron chi connectivity index (χ2n) is 7.26. The minimum Gasteiger partial charge on any atom is -0.392 e. The van der Waals surface area contributed by atoms with Crippen LogP contribution in [0, 0.1) is 18.3 Å². The molecule has 4 rings (SSSR count). The van der Waals surface area contributed by atoms with E-state index in [4.69, 9.17) is 6.42 Å². The Labute approximate surface area is 188 Å². The van der Waals surface area contributed by atoms with Gasteiger partial charge in [0.1, 0.15) is 12.9 Å². The van der Waals surface area contributed by atoms with Crippen LogP contribution in [0.25, 0.3) is 11.4 Å². The molecule has 0 aliphatic heterocycles. The van der Waals surface area contributed by atoms with Crippen LogP contribution in [0.2, 0.25) is 0 Å². The first-order chi connectivity index (χ1) is 16.0. The molecule has 3 aromatic rings. The van der Waals surface area contributed by atoms with E-state index in [1.54, 1.807) is 18.2 Å². The van der Waals surface area contributed by atoms with Gasteiger partial charge >= 0.3 is 0 Å². The maximum Gasteiger partial charge on any atom is 0.275 e. The topological polar surface area (TPSA) is 160 Å². The number of hydrogen-bond donors (Lipinski definition) is 4. The molecule has 4 N–H and O–H groups in total. The molecule has 0 bridgehead atoms. The van der Waals surface area contributed by atoms with Gasteiger partial charge in [0.15, 0.2) is 17.3 Å². The van der Waals surface area contributed by atoms with Gasteiger partial charge < -0.3 is 15.7 Å².